The average molecular weight is 439 g/mol. The first-order chi connectivity index (χ1) is 13.7. The SMILES string of the molecule is Cc1nnnn1-c1cc(NC(=O)[C@H](C)NS(=O)(=O)c2ccc(Cl)cc2)ccc1F. The van der Waals surface area contributed by atoms with Crippen LogP contribution in [-0.2, 0) is 14.8 Å². The van der Waals surface area contributed by atoms with E-state index in [-0.39, 0.29) is 16.3 Å². The molecule has 0 bridgehead atoms. The summed E-state index contributed by atoms with van der Waals surface area (Å²) in [7, 11) is -3.93. The van der Waals surface area contributed by atoms with Crippen LogP contribution in [0.5, 0.6) is 0 Å². The number of tetrazole rings is 1. The summed E-state index contributed by atoms with van der Waals surface area (Å²) in [4.78, 5) is 12.4. The number of rotatable bonds is 6. The van der Waals surface area contributed by atoms with Crippen LogP contribution in [-0.4, -0.2) is 40.6 Å². The van der Waals surface area contributed by atoms with Crippen LogP contribution in [0.1, 0.15) is 12.7 Å². The molecule has 1 aromatic heterocycles. The van der Waals surface area contributed by atoms with E-state index in [9.17, 15) is 17.6 Å². The summed E-state index contributed by atoms with van der Waals surface area (Å²) in [6, 6.07) is 8.26. The Balaban J connectivity index is 1.74. The molecule has 0 saturated heterocycles. The number of sulfonamides is 1. The summed E-state index contributed by atoms with van der Waals surface area (Å²) in [5.74, 6) is -0.861. The molecule has 2 aromatic carbocycles. The van der Waals surface area contributed by atoms with E-state index in [2.05, 4.69) is 25.6 Å². The van der Waals surface area contributed by atoms with Crippen molar-refractivity contribution < 1.29 is 17.6 Å². The molecule has 1 heterocycles. The van der Waals surface area contributed by atoms with Crippen LogP contribution in [0.4, 0.5) is 10.1 Å². The topological polar surface area (TPSA) is 119 Å². The van der Waals surface area contributed by atoms with Crippen molar-refractivity contribution in [3.05, 3.63) is 59.1 Å². The number of hydrogen-bond donors (Lipinski definition) is 2. The van der Waals surface area contributed by atoms with Crippen molar-refractivity contribution in [2.24, 2.45) is 0 Å². The second kappa shape index (κ2) is 8.23. The molecule has 2 N–H and O–H groups in total. The number of aryl methyl sites for hydroxylation is 1. The first-order valence-electron chi connectivity index (χ1n) is 8.31. The van der Waals surface area contributed by atoms with Gasteiger partial charge in [-0.15, -0.1) is 5.10 Å². The third kappa shape index (κ3) is 4.75. The van der Waals surface area contributed by atoms with Crippen LogP contribution in [0.3, 0.4) is 0 Å². The van der Waals surface area contributed by atoms with Crippen LogP contribution >= 0.6 is 11.6 Å². The van der Waals surface area contributed by atoms with Crippen molar-refractivity contribution in [1.29, 1.82) is 0 Å². The molecular weight excluding hydrogens is 423 g/mol. The van der Waals surface area contributed by atoms with Gasteiger partial charge in [0.15, 0.2) is 5.82 Å². The fraction of sp³-hybridized carbons (Fsp3) is 0.176. The number of anilines is 1. The van der Waals surface area contributed by atoms with Gasteiger partial charge in [-0.25, -0.2) is 12.8 Å². The normalized spacial score (nSPS) is 12.6. The second-order valence-electron chi connectivity index (χ2n) is 6.09. The number of carbonyl (C=O) groups excluding carboxylic acids is 1. The van der Waals surface area contributed by atoms with Gasteiger partial charge >= 0.3 is 0 Å². The van der Waals surface area contributed by atoms with Crippen LogP contribution in [0.15, 0.2) is 47.4 Å². The van der Waals surface area contributed by atoms with Crippen LogP contribution in [0.2, 0.25) is 5.02 Å². The Morgan fingerprint density at radius 2 is 1.90 bits per heavy atom. The Morgan fingerprint density at radius 3 is 2.52 bits per heavy atom. The van der Waals surface area contributed by atoms with Crippen molar-refractivity contribution in [2.75, 3.05) is 5.32 Å². The van der Waals surface area contributed by atoms with E-state index in [4.69, 9.17) is 11.6 Å². The van der Waals surface area contributed by atoms with E-state index < -0.39 is 27.8 Å². The lowest BCUT2D eigenvalue weighted by Gasteiger charge is -2.15. The maximum absolute atomic E-state index is 14.1. The number of carbonyl (C=O) groups is 1. The number of aromatic nitrogens is 4. The summed E-state index contributed by atoms with van der Waals surface area (Å²) in [6.07, 6.45) is 0. The molecule has 9 nitrogen and oxygen atoms in total. The largest absolute Gasteiger partial charge is 0.325 e. The van der Waals surface area contributed by atoms with Crippen LogP contribution in [0.25, 0.3) is 5.69 Å². The van der Waals surface area contributed by atoms with Crippen molar-refractivity contribution in [3.63, 3.8) is 0 Å². The fourth-order valence-corrected chi connectivity index (χ4v) is 3.75. The Labute approximate surface area is 170 Å². The van der Waals surface area contributed by atoms with E-state index in [1.54, 1.807) is 6.92 Å². The van der Waals surface area contributed by atoms with Gasteiger partial charge in [-0.2, -0.15) is 9.40 Å². The highest BCUT2D eigenvalue weighted by Gasteiger charge is 2.22. The van der Waals surface area contributed by atoms with Crippen LogP contribution < -0.4 is 10.0 Å². The molecule has 0 radical (unpaired) electrons. The number of hydrogen-bond acceptors (Lipinski definition) is 6. The minimum Gasteiger partial charge on any atom is -0.325 e. The van der Waals surface area contributed by atoms with Gasteiger partial charge in [-0.05, 0) is 66.7 Å². The maximum atomic E-state index is 14.1. The van der Waals surface area contributed by atoms with Gasteiger partial charge in [0, 0.05) is 10.7 Å². The number of nitrogens with one attached hydrogen (secondary N) is 2. The van der Waals surface area contributed by atoms with Gasteiger partial charge < -0.3 is 5.32 Å². The molecule has 0 unspecified atom stereocenters. The smallest absolute Gasteiger partial charge is 0.242 e. The molecule has 12 heteroatoms. The van der Waals surface area contributed by atoms with E-state index in [1.807, 2.05) is 0 Å². The standard InChI is InChI=1S/C17H16ClFN6O3S/c1-10(22-29(27,28)14-6-3-12(18)4-7-14)17(26)20-13-5-8-15(19)16(9-13)25-11(2)21-23-24-25/h3-10,22H,1-2H3,(H,20,26)/t10-/m0/s1. The predicted molar refractivity (Wildman–Crippen MR) is 104 cm³/mol. The van der Waals surface area contributed by atoms with E-state index >= 15 is 0 Å². The zero-order valence-electron chi connectivity index (χ0n) is 15.3. The minimum absolute atomic E-state index is 0.0280. The highest BCUT2D eigenvalue weighted by Crippen LogP contribution is 2.19. The number of benzene rings is 2. The zero-order chi connectivity index (χ0) is 21.2. The number of halogens is 2. The summed E-state index contributed by atoms with van der Waals surface area (Å²) < 4.78 is 42.4. The highest BCUT2D eigenvalue weighted by atomic mass is 35.5. The summed E-state index contributed by atoms with van der Waals surface area (Å²) in [5.41, 5.74) is 0.290. The summed E-state index contributed by atoms with van der Waals surface area (Å²) in [5, 5.41) is 13.8. The first kappa shape index (κ1) is 20.8. The number of nitrogens with zero attached hydrogens (tertiary/aromatic N) is 4. The van der Waals surface area contributed by atoms with Gasteiger partial charge in [-0.1, -0.05) is 11.6 Å². The fourth-order valence-electron chi connectivity index (χ4n) is 2.43. The lowest BCUT2D eigenvalue weighted by molar-refractivity contribution is -0.117. The molecule has 0 fully saturated rings. The number of amides is 1. The zero-order valence-corrected chi connectivity index (χ0v) is 16.9. The quantitative estimate of drug-likeness (QED) is 0.608. The van der Waals surface area contributed by atoms with E-state index in [0.717, 1.165) is 6.07 Å². The monoisotopic (exact) mass is 438 g/mol. The van der Waals surface area contributed by atoms with E-state index in [0.29, 0.717) is 10.8 Å². The van der Waals surface area contributed by atoms with Gasteiger partial charge in [0.25, 0.3) is 0 Å². The van der Waals surface area contributed by atoms with Crippen molar-refractivity contribution in [1.82, 2.24) is 24.9 Å². The molecule has 0 aliphatic rings. The van der Waals surface area contributed by atoms with E-state index in [1.165, 1.54) is 48.0 Å². The molecule has 3 aromatic rings. The average Bonchev–Trinajstić information content (AvgIpc) is 3.09. The van der Waals surface area contributed by atoms with Gasteiger partial charge in [0.2, 0.25) is 15.9 Å². The van der Waals surface area contributed by atoms with Crippen molar-refractivity contribution >= 4 is 33.2 Å². The third-order valence-electron chi connectivity index (χ3n) is 3.92. The predicted octanol–water partition coefficient (Wildman–Crippen LogP) is 2.07. The molecule has 3 rings (SSSR count). The molecular formula is C17H16ClFN6O3S. The highest BCUT2D eigenvalue weighted by molar-refractivity contribution is 7.89. The Bertz CT molecular complexity index is 1150. The lowest BCUT2D eigenvalue weighted by atomic mass is 10.2. The molecule has 1 amide bonds. The van der Waals surface area contributed by atoms with Crippen LogP contribution in [0, 0.1) is 12.7 Å². The third-order valence-corrected chi connectivity index (χ3v) is 5.73. The molecule has 29 heavy (non-hydrogen) atoms. The molecule has 1 atom stereocenters. The van der Waals surface area contributed by atoms with Gasteiger partial charge in [0.1, 0.15) is 11.5 Å². The molecule has 152 valence electrons. The molecule has 0 aliphatic heterocycles. The summed E-state index contributed by atoms with van der Waals surface area (Å²) >= 11 is 5.76. The molecule has 0 saturated carbocycles. The Kier molecular flexibility index (Phi) is 5.91. The minimum atomic E-state index is -3.93. The lowest BCUT2D eigenvalue weighted by Crippen LogP contribution is -2.41. The van der Waals surface area contributed by atoms with Gasteiger partial charge in [-0.3, -0.25) is 4.79 Å². The summed E-state index contributed by atoms with van der Waals surface area (Å²) in [6.45, 7) is 2.98. The Hall–Kier alpha value is -2.89. The molecule has 0 spiro atoms. The van der Waals surface area contributed by atoms with Crippen molar-refractivity contribution in [2.45, 2.75) is 24.8 Å². The second-order valence-corrected chi connectivity index (χ2v) is 8.24. The first-order valence-corrected chi connectivity index (χ1v) is 10.2. The van der Waals surface area contributed by atoms with Gasteiger partial charge in [0.05, 0.1) is 10.9 Å². The maximum Gasteiger partial charge on any atom is 0.242 e. The molecule has 0 aliphatic carbocycles. The van der Waals surface area contributed by atoms with Crippen molar-refractivity contribution in [3.8, 4) is 5.69 Å². The Morgan fingerprint density at radius 1 is 1.21 bits per heavy atom.